The van der Waals surface area contributed by atoms with Gasteiger partial charge in [0, 0.05) is 11.6 Å². The molecule has 25 heavy (non-hydrogen) atoms. The molecule has 0 saturated carbocycles. The molecular formula is C15H15ClN2O5S2. The SMILES string of the molecule is CCOC(=O)Cc1csc(NC(=O)c2ccc(S(C)(=O)=O)cc2Cl)n1. The van der Waals surface area contributed by atoms with E-state index >= 15 is 0 Å². The highest BCUT2D eigenvalue weighted by Crippen LogP contribution is 2.23. The van der Waals surface area contributed by atoms with Crippen molar-refractivity contribution in [1.82, 2.24) is 4.98 Å². The molecule has 0 atom stereocenters. The first-order valence-corrected chi connectivity index (χ1v) is 10.3. The van der Waals surface area contributed by atoms with Gasteiger partial charge >= 0.3 is 5.97 Å². The van der Waals surface area contributed by atoms with Crippen LogP contribution in [0.3, 0.4) is 0 Å². The highest BCUT2D eigenvalue weighted by atomic mass is 35.5. The molecule has 134 valence electrons. The molecule has 1 heterocycles. The summed E-state index contributed by atoms with van der Waals surface area (Å²) in [6, 6.07) is 3.87. The zero-order valence-corrected chi connectivity index (χ0v) is 15.8. The lowest BCUT2D eigenvalue weighted by atomic mass is 10.2. The van der Waals surface area contributed by atoms with E-state index < -0.39 is 21.7 Å². The van der Waals surface area contributed by atoms with Gasteiger partial charge in [0.2, 0.25) is 0 Å². The van der Waals surface area contributed by atoms with Gasteiger partial charge in [-0.2, -0.15) is 0 Å². The number of aromatic nitrogens is 1. The summed E-state index contributed by atoms with van der Waals surface area (Å²) in [6.07, 6.45) is 1.07. The molecule has 1 aromatic heterocycles. The Hall–Kier alpha value is -1.97. The Morgan fingerprint density at radius 1 is 1.36 bits per heavy atom. The van der Waals surface area contributed by atoms with Crippen LogP contribution in [0.1, 0.15) is 23.0 Å². The van der Waals surface area contributed by atoms with Crippen LogP contribution in [-0.4, -0.2) is 38.1 Å². The van der Waals surface area contributed by atoms with Gasteiger partial charge in [-0.25, -0.2) is 13.4 Å². The lowest BCUT2D eigenvalue weighted by Gasteiger charge is -2.06. The van der Waals surface area contributed by atoms with Crippen LogP contribution in [0, 0.1) is 0 Å². The number of rotatable bonds is 6. The Balaban J connectivity index is 2.10. The first kappa shape index (κ1) is 19.4. The molecule has 10 heteroatoms. The maximum absolute atomic E-state index is 12.3. The number of hydrogen-bond acceptors (Lipinski definition) is 7. The smallest absolute Gasteiger partial charge is 0.311 e. The number of nitrogens with one attached hydrogen (secondary N) is 1. The van der Waals surface area contributed by atoms with E-state index in [0.29, 0.717) is 10.8 Å². The van der Waals surface area contributed by atoms with Crippen LogP contribution in [0.25, 0.3) is 0 Å². The van der Waals surface area contributed by atoms with Crippen molar-refractivity contribution in [2.45, 2.75) is 18.2 Å². The average molecular weight is 403 g/mol. The van der Waals surface area contributed by atoms with Gasteiger partial charge < -0.3 is 4.74 Å². The number of carbonyl (C=O) groups excluding carboxylic acids is 2. The second kappa shape index (κ2) is 7.94. The van der Waals surface area contributed by atoms with Gasteiger partial charge in [-0.15, -0.1) is 11.3 Å². The third-order valence-electron chi connectivity index (χ3n) is 3.02. The van der Waals surface area contributed by atoms with Gasteiger partial charge in [0.1, 0.15) is 0 Å². The summed E-state index contributed by atoms with van der Waals surface area (Å²) in [5.74, 6) is -0.924. The van der Waals surface area contributed by atoms with Crippen molar-refractivity contribution < 1.29 is 22.7 Å². The molecule has 0 aliphatic carbocycles. The number of anilines is 1. The normalized spacial score (nSPS) is 11.2. The molecule has 0 fully saturated rings. The van der Waals surface area contributed by atoms with E-state index in [1.54, 1.807) is 12.3 Å². The Bertz CT molecular complexity index is 908. The quantitative estimate of drug-likeness (QED) is 0.745. The van der Waals surface area contributed by atoms with Crippen LogP contribution >= 0.6 is 22.9 Å². The van der Waals surface area contributed by atoms with E-state index in [0.717, 1.165) is 17.6 Å². The second-order valence-electron chi connectivity index (χ2n) is 4.99. The summed E-state index contributed by atoms with van der Waals surface area (Å²) in [5, 5.41) is 4.52. The van der Waals surface area contributed by atoms with Gasteiger partial charge in [-0.1, -0.05) is 11.6 Å². The number of esters is 1. The van der Waals surface area contributed by atoms with Crippen molar-refractivity contribution in [2.75, 3.05) is 18.2 Å². The number of carbonyl (C=O) groups is 2. The van der Waals surface area contributed by atoms with Crippen LogP contribution in [0.2, 0.25) is 5.02 Å². The molecule has 1 aromatic carbocycles. The van der Waals surface area contributed by atoms with E-state index in [-0.39, 0.29) is 28.5 Å². The third kappa shape index (κ3) is 5.25. The van der Waals surface area contributed by atoms with Gasteiger partial charge in [0.25, 0.3) is 5.91 Å². The fraction of sp³-hybridized carbons (Fsp3) is 0.267. The highest BCUT2D eigenvalue weighted by molar-refractivity contribution is 7.90. The largest absolute Gasteiger partial charge is 0.466 e. The maximum atomic E-state index is 12.3. The molecule has 2 rings (SSSR count). The number of sulfone groups is 1. The van der Waals surface area contributed by atoms with Crippen molar-refractivity contribution in [3.05, 3.63) is 39.9 Å². The summed E-state index contributed by atoms with van der Waals surface area (Å²) >= 11 is 7.16. The summed E-state index contributed by atoms with van der Waals surface area (Å²) in [5.41, 5.74) is 0.605. The van der Waals surface area contributed by atoms with Gasteiger partial charge in [0.15, 0.2) is 15.0 Å². The van der Waals surface area contributed by atoms with Crippen LogP contribution in [-0.2, 0) is 25.8 Å². The molecule has 0 spiro atoms. The minimum atomic E-state index is -3.41. The molecule has 0 aliphatic rings. The molecule has 0 radical (unpaired) electrons. The van der Waals surface area contributed by atoms with Crippen molar-refractivity contribution in [3.63, 3.8) is 0 Å². The summed E-state index contributed by atoms with van der Waals surface area (Å²) < 4.78 is 27.8. The maximum Gasteiger partial charge on any atom is 0.311 e. The van der Waals surface area contributed by atoms with Crippen molar-refractivity contribution in [1.29, 1.82) is 0 Å². The Kier molecular flexibility index (Phi) is 6.15. The molecule has 0 saturated heterocycles. The fourth-order valence-electron chi connectivity index (χ4n) is 1.88. The van der Waals surface area contributed by atoms with E-state index in [2.05, 4.69) is 10.3 Å². The van der Waals surface area contributed by atoms with Gasteiger partial charge in [0.05, 0.1) is 34.2 Å². The van der Waals surface area contributed by atoms with Crippen molar-refractivity contribution in [2.24, 2.45) is 0 Å². The standard InChI is InChI=1S/C15H15ClN2O5S2/c1-3-23-13(19)6-9-8-24-15(17-9)18-14(20)11-5-4-10(7-12(11)16)25(2,21)22/h4-5,7-8H,3,6H2,1-2H3,(H,17,18,20). The van der Waals surface area contributed by atoms with Gasteiger partial charge in [-0.05, 0) is 25.1 Å². The number of hydrogen-bond donors (Lipinski definition) is 1. The number of benzene rings is 1. The Morgan fingerprint density at radius 3 is 2.68 bits per heavy atom. The van der Waals surface area contributed by atoms with Crippen molar-refractivity contribution in [3.8, 4) is 0 Å². The predicted octanol–water partition coefficient (Wildman–Crippen LogP) is 2.56. The fourth-order valence-corrected chi connectivity index (χ4v) is 3.56. The Labute approximate surface area is 153 Å². The van der Waals surface area contributed by atoms with Crippen LogP contribution < -0.4 is 5.32 Å². The molecular weight excluding hydrogens is 388 g/mol. The first-order valence-electron chi connectivity index (χ1n) is 7.11. The summed E-state index contributed by atoms with van der Waals surface area (Å²) in [6.45, 7) is 2.00. The molecule has 7 nitrogen and oxygen atoms in total. The first-order chi connectivity index (χ1) is 11.7. The second-order valence-corrected chi connectivity index (χ2v) is 8.27. The van der Waals surface area contributed by atoms with Crippen LogP contribution in [0.4, 0.5) is 5.13 Å². The summed E-state index contributed by atoms with van der Waals surface area (Å²) in [7, 11) is -3.41. The van der Waals surface area contributed by atoms with E-state index in [1.807, 2.05) is 0 Å². The topological polar surface area (TPSA) is 102 Å². The van der Waals surface area contributed by atoms with Gasteiger partial charge in [-0.3, -0.25) is 14.9 Å². The van der Waals surface area contributed by atoms with E-state index in [1.165, 1.54) is 18.2 Å². The highest BCUT2D eigenvalue weighted by Gasteiger charge is 2.16. The van der Waals surface area contributed by atoms with Crippen LogP contribution in [0.15, 0.2) is 28.5 Å². The average Bonchev–Trinajstić information content (AvgIpc) is 2.93. The molecule has 1 N–H and O–H groups in total. The molecule has 0 bridgehead atoms. The third-order valence-corrected chi connectivity index (χ3v) is 5.25. The number of amides is 1. The van der Waals surface area contributed by atoms with Crippen molar-refractivity contribution >= 4 is 49.8 Å². The van der Waals surface area contributed by atoms with E-state index in [4.69, 9.17) is 16.3 Å². The lowest BCUT2D eigenvalue weighted by molar-refractivity contribution is -0.142. The zero-order chi connectivity index (χ0) is 18.6. The minimum Gasteiger partial charge on any atom is -0.466 e. The number of ether oxygens (including phenoxy) is 1. The molecule has 1 amide bonds. The van der Waals surface area contributed by atoms with Crippen LogP contribution in [0.5, 0.6) is 0 Å². The minimum absolute atomic E-state index is 0.0173. The van der Waals surface area contributed by atoms with E-state index in [9.17, 15) is 18.0 Å². The molecule has 0 aliphatic heterocycles. The number of halogens is 1. The summed E-state index contributed by atoms with van der Waals surface area (Å²) in [4.78, 5) is 27.8. The number of nitrogens with zero attached hydrogens (tertiary/aromatic N) is 1. The monoisotopic (exact) mass is 402 g/mol. The predicted molar refractivity (Wildman–Crippen MR) is 95.0 cm³/mol. The lowest BCUT2D eigenvalue weighted by Crippen LogP contribution is -2.13. The molecule has 0 unspecified atom stereocenters. The number of thiazole rings is 1. The molecule has 2 aromatic rings. The zero-order valence-electron chi connectivity index (χ0n) is 13.4. The Morgan fingerprint density at radius 2 is 2.08 bits per heavy atom.